The van der Waals surface area contributed by atoms with Crippen molar-refractivity contribution in [3.63, 3.8) is 0 Å². The maximum absolute atomic E-state index is 15.4. The zero-order chi connectivity index (χ0) is 31.6. The number of anilines is 1. The molecule has 1 aromatic heterocycles. The predicted octanol–water partition coefficient (Wildman–Crippen LogP) is 5.67. The summed E-state index contributed by atoms with van der Waals surface area (Å²) in [6.45, 7) is 11.1. The van der Waals surface area contributed by atoms with Crippen molar-refractivity contribution < 1.29 is 27.7 Å². The molecule has 1 saturated carbocycles. The van der Waals surface area contributed by atoms with Crippen molar-refractivity contribution in [3.05, 3.63) is 59.7 Å². The third-order valence-corrected chi connectivity index (χ3v) is 9.51. The minimum atomic E-state index is -1.47. The van der Waals surface area contributed by atoms with Crippen LogP contribution >= 0.6 is 0 Å². The first-order chi connectivity index (χ1) is 20.1. The molecule has 2 aromatic rings. The number of ether oxygens (including phenoxy) is 2. The van der Waals surface area contributed by atoms with Crippen LogP contribution in [0, 0.1) is 11.7 Å². The largest absolute Gasteiger partial charge is 0.444 e. The van der Waals surface area contributed by atoms with Crippen molar-refractivity contribution in [2.45, 2.75) is 102 Å². The highest BCUT2D eigenvalue weighted by atomic mass is 32.2. The van der Waals surface area contributed by atoms with Gasteiger partial charge in [0.1, 0.15) is 17.5 Å². The third kappa shape index (κ3) is 8.19. The Kier molecular flexibility index (Phi) is 9.98. The Morgan fingerprint density at radius 1 is 1.07 bits per heavy atom. The van der Waals surface area contributed by atoms with E-state index in [-0.39, 0.29) is 24.8 Å². The lowest BCUT2D eigenvalue weighted by atomic mass is 9.79. The highest BCUT2D eigenvalue weighted by Crippen LogP contribution is 2.42. The van der Waals surface area contributed by atoms with Gasteiger partial charge in [-0.25, -0.2) is 18.1 Å². The summed E-state index contributed by atoms with van der Waals surface area (Å²) in [4.78, 5) is 32.1. The van der Waals surface area contributed by atoms with Gasteiger partial charge in [0.25, 0.3) is 0 Å². The summed E-state index contributed by atoms with van der Waals surface area (Å²) in [6.07, 6.45) is 6.43. The van der Waals surface area contributed by atoms with Gasteiger partial charge in [-0.05, 0) is 95.7 Å². The average Bonchev–Trinajstić information content (AvgIpc) is 3.66. The van der Waals surface area contributed by atoms with Gasteiger partial charge in [0.15, 0.2) is 0 Å². The number of rotatable bonds is 10. The Hall–Kier alpha value is -2.89. The van der Waals surface area contributed by atoms with E-state index in [0.717, 1.165) is 24.8 Å². The van der Waals surface area contributed by atoms with Crippen LogP contribution < -0.4 is 10.0 Å². The second kappa shape index (κ2) is 13.0. The number of halogens is 1. The Bertz CT molecular complexity index is 1330. The molecule has 1 aliphatic heterocycles. The van der Waals surface area contributed by atoms with Gasteiger partial charge in [-0.1, -0.05) is 18.9 Å². The number of aromatic nitrogens is 1. The highest BCUT2D eigenvalue weighted by molar-refractivity contribution is 7.84. The molecule has 0 radical (unpaired) electrons. The highest BCUT2D eigenvalue weighted by Gasteiger charge is 2.43. The molecule has 236 valence electrons. The fraction of sp³-hybridized carbons (Fsp3) is 0.594. The van der Waals surface area contributed by atoms with Crippen LogP contribution in [0.15, 0.2) is 42.7 Å². The molecule has 43 heavy (non-hydrogen) atoms. The van der Waals surface area contributed by atoms with Crippen LogP contribution in [0.5, 0.6) is 0 Å². The lowest BCUT2D eigenvalue weighted by Gasteiger charge is -2.38. The van der Waals surface area contributed by atoms with E-state index in [9.17, 15) is 13.8 Å². The molecule has 2 heterocycles. The molecule has 1 saturated heterocycles. The molecule has 2 amide bonds. The molecule has 1 aliphatic carbocycles. The number of benzene rings is 1. The second-order valence-electron chi connectivity index (χ2n) is 13.5. The van der Waals surface area contributed by atoms with Crippen LogP contribution in [0.2, 0.25) is 0 Å². The Morgan fingerprint density at radius 3 is 2.33 bits per heavy atom. The summed E-state index contributed by atoms with van der Waals surface area (Å²) in [5.74, 6) is -0.578. The van der Waals surface area contributed by atoms with Crippen molar-refractivity contribution in [3.8, 4) is 0 Å². The fourth-order valence-corrected chi connectivity index (χ4v) is 6.20. The van der Waals surface area contributed by atoms with E-state index in [2.05, 4.69) is 15.0 Å². The van der Waals surface area contributed by atoms with Gasteiger partial charge in [-0.2, -0.15) is 0 Å². The maximum atomic E-state index is 15.4. The van der Waals surface area contributed by atoms with E-state index in [0.29, 0.717) is 17.9 Å². The SMILES string of the molecule is CO[C@@H]1C[C@H](C(=O)Nc2cc(C(CCC3CC3)(NS(=O)C(C)(C)C)c3ccncc3)ccc2F)N(C(=O)OC(C)(C)C)C1. The number of likely N-dealkylation sites (tertiary alicyclic amines) is 1. The molecule has 0 bridgehead atoms. The summed E-state index contributed by atoms with van der Waals surface area (Å²) in [5, 5.41) is 2.73. The van der Waals surface area contributed by atoms with Gasteiger partial charge in [0.2, 0.25) is 5.91 Å². The molecular formula is C32H45FN4O5S. The van der Waals surface area contributed by atoms with Crippen molar-refractivity contribution >= 4 is 28.7 Å². The van der Waals surface area contributed by atoms with E-state index < -0.39 is 50.7 Å². The third-order valence-electron chi connectivity index (χ3n) is 7.86. The monoisotopic (exact) mass is 616 g/mol. The molecule has 2 aliphatic rings. The second-order valence-corrected chi connectivity index (χ2v) is 15.5. The Labute approximate surface area is 256 Å². The van der Waals surface area contributed by atoms with Crippen molar-refractivity contribution in [1.29, 1.82) is 0 Å². The fourth-order valence-electron chi connectivity index (χ4n) is 5.24. The van der Waals surface area contributed by atoms with Crippen LogP contribution in [-0.2, 0) is 30.8 Å². The first-order valence-electron chi connectivity index (χ1n) is 14.9. The van der Waals surface area contributed by atoms with Crippen LogP contribution in [0.25, 0.3) is 0 Å². The van der Waals surface area contributed by atoms with Gasteiger partial charge in [-0.3, -0.25) is 14.7 Å². The number of amides is 2. The number of methoxy groups -OCH3 is 1. The number of hydrogen-bond donors (Lipinski definition) is 2. The van der Waals surface area contributed by atoms with Crippen LogP contribution in [0.1, 0.15) is 84.8 Å². The quantitative estimate of drug-likeness (QED) is 0.356. The number of carbonyl (C=O) groups is 2. The molecule has 2 unspecified atom stereocenters. The van der Waals surface area contributed by atoms with E-state index in [1.54, 1.807) is 45.3 Å². The van der Waals surface area contributed by atoms with Gasteiger partial charge < -0.3 is 14.8 Å². The van der Waals surface area contributed by atoms with Gasteiger partial charge >= 0.3 is 6.09 Å². The van der Waals surface area contributed by atoms with Crippen molar-refractivity contribution in [2.24, 2.45) is 5.92 Å². The summed E-state index contributed by atoms with van der Waals surface area (Å²) < 4.78 is 42.8. The zero-order valence-corrected chi connectivity index (χ0v) is 27.1. The number of pyridine rings is 1. The molecule has 1 aromatic carbocycles. The number of nitrogens with zero attached hydrogens (tertiary/aromatic N) is 2. The molecule has 0 spiro atoms. The van der Waals surface area contributed by atoms with Gasteiger partial charge in [0, 0.05) is 25.9 Å². The van der Waals surface area contributed by atoms with Crippen LogP contribution in [0.4, 0.5) is 14.9 Å². The van der Waals surface area contributed by atoms with Gasteiger partial charge in [-0.15, -0.1) is 0 Å². The lowest BCUT2D eigenvalue weighted by molar-refractivity contribution is -0.120. The minimum Gasteiger partial charge on any atom is -0.444 e. The topological polar surface area (TPSA) is 110 Å². The number of carbonyl (C=O) groups excluding carboxylic acids is 2. The summed E-state index contributed by atoms with van der Waals surface area (Å²) >= 11 is 0. The first kappa shape index (κ1) is 33.0. The molecule has 2 N–H and O–H groups in total. The summed E-state index contributed by atoms with van der Waals surface area (Å²) in [7, 11) is 0.0502. The van der Waals surface area contributed by atoms with E-state index in [1.807, 2.05) is 32.9 Å². The molecular weight excluding hydrogens is 571 g/mol. The first-order valence-corrected chi connectivity index (χ1v) is 16.0. The van der Waals surface area contributed by atoms with Crippen LogP contribution in [-0.4, -0.2) is 62.2 Å². The molecule has 4 atom stereocenters. The van der Waals surface area contributed by atoms with Crippen molar-refractivity contribution in [1.82, 2.24) is 14.6 Å². The number of hydrogen-bond acceptors (Lipinski definition) is 6. The normalized spacial score (nSPS) is 21.3. The predicted molar refractivity (Wildman–Crippen MR) is 165 cm³/mol. The van der Waals surface area contributed by atoms with Crippen LogP contribution in [0.3, 0.4) is 0 Å². The molecule has 9 nitrogen and oxygen atoms in total. The molecule has 4 rings (SSSR count). The average molecular weight is 617 g/mol. The van der Waals surface area contributed by atoms with E-state index in [1.165, 1.54) is 18.1 Å². The molecule has 11 heteroatoms. The Balaban J connectivity index is 1.71. The smallest absolute Gasteiger partial charge is 0.411 e. The standard InChI is InChI=1S/C32H45FN4O5S/c1-30(2,3)42-29(39)37-20-24(41-7)19-27(37)28(38)35-26-18-23(10-11-25(26)33)32(15-12-21-8-9-21,22-13-16-34-17-14-22)36-43(40)31(4,5)6/h10-11,13-14,16-18,21,24,27,36H,8-9,12,15,19-20H2,1-7H3,(H,35,38)/t24-,27-,32?,43?/m1/s1. The number of nitrogens with one attached hydrogen (secondary N) is 2. The zero-order valence-electron chi connectivity index (χ0n) is 26.2. The van der Waals surface area contributed by atoms with E-state index in [4.69, 9.17) is 9.47 Å². The van der Waals surface area contributed by atoms with E-state index >= 15 is 4.39 Å². The van der Waals surface area contributed by atoms with Crippen molar-refractivity contribution in [2.75, 3.05) is 19.0 Å². The minimum absolute atomic E-state index is 0.0271. The lowest BCUT2D eigenvalue weighted by Crippen LogP contribution is -2.49. The van der Waals surface area contributed by atoms with Gasteiger partial charge in [0.05, 0.1) is 39.6 Å². The summed E-state index contributed by atoms with van der Waals surface area (Å²) in [5.41, 5.74) is -0.201. The Morgan fingerprint density at radius 2 is 1.74 bits per heavy atom. The molecule has 2 fully saturated rings. The maximum Gasteiger partial charge on any atom is 0.411 e. The summed E-state index contributed by atoms with van der Waals surface area (Å²) in [6, 6.07) is 7.45.